The van der Waals surface area contributed by atoms with E-state index >= 15 is 0 Å². The first-order chi connectivity index (χ1) is 7.72. The summed E-state index contributed by atoms with van der Waals surface area (Å²) in [7, 11) is 1.59. The lowest BCUT2D eigenvalue weighted by atomic mass is 10.3. The Labute approximate surface area is 99.9 Å². The number of anilines is 1. The molecule has 0 unspecified atom stereocenters. The van der Waals surface area contributed by atoms with Crippen LogP contribution in [0.3, 0.4) is 0 Å². The van der Waals surface area contributed by atoms with Crippen molar-refractivity contribution < 1.29 is 9.53 Å². The highest BCUT2D eigenvalue weighted by atomic mass is 35.5. The summed E-state index contributed by atoms with van der Waals surface area (Å²) >= 11 is 5.81. The van der Waals surface area contributed by atoms with Crippen molar-refractivity contribution >= 4 is 23.2 Å². The number of halogens is 1. The van der Waals surface area contributed by atoms with E-state index < -0.39 is 0 Å². The molecule has 0 saturated heterocycles. The summed E-state index contributed by atoms with van der Waals surface area (Å²) in [5, 5.41) is 6.33. The van der Waals surface area contributed by atoms with Crippen LogP contribution in [0.15, 0.2) is 24.3 Å². The molecule has 1 amide bonds. The van der Waals surface area contributed by atoms with Gasteiger partial charge in [-0.3, -0.25) is 4.79 Å². The molecule has 0 radical (unpaired) electrons. The van der Waals surface area contributed by atoms with Crippen LogP contribution in [0.5, 0.6) is 0 Å². The number of hydrogen-bond acceptors (Lipinski definition) is 3. The van der Waals surface area contributed by atoms with E-state index in [1.807, 2.05) is 12.1 Å². The maximum Gasteiger partial charge on any atom is 0.239 e. The summed E-state index contributed by atoms with van der Waals surface area (Å²) in [4.78, 5) is 11.3. The van der Waals surface area contributed by atoms with Gasteiger partial charge >= 0.3 is 0 Å². The van der Waals surface area contributed by atoms with Gasteiger partial charge in [0.2, 0.25) is 5.91 Å². The fourth-order valence-corrected chi connectivity index (χ4v) is 1.33. The van der Waals surface area contributed by atoms with E-state index in [0.29, 0.717) is 18.2 Å². The smallest absolute Gasteiger partial charge is 0.239 e. The van der Waals surface area contributed by atoms with Gasteiger partial charge in [0.05, 0.1) is 13.2 Å². The van der Waals surface area contributed by atoms with Crippen LogP contribution in [-0.2, 0) is 9.53 Å². The fraction of sp³-hybridized carbons (Fsp3) is 0.364. The number of amides is 1. The average Bonchev–Trinajstić information content (AvgIpc) is 2.27. The van der Waals surface area contributed by atoms with Crippen LogP contribution in [0, 0.1) is 0 Å². The number of carbonyl (C=O) groups excluding carboxylic acids is 1. The quantitative estimate of drug-likeness (QED) is 0.744. The Hall–Kier alpha value is -1.26. The summed E-state index contributed by atoms with van der Waals surface area (Å²) in [5.74, 6) is -0.0722. The van der Waals surface area contributed by atoms with E-state index in [4.69, 9.17) is 16.3 Å². The van der Waals surface area contributed by atoms with Gasteiger partial charge in [-0.25, -0.2) is 0 Å². The van der Waals surface area contributed by atoms with Crippen molar-refractivity contribution in [3.63, 3.8) is 0 Å². The maximum absolute atomic E-state index is 11.3. The standard InChI is InChI=1S/C11H15ClN2O2/c1-16-6-5-13-11(15)8-14-10-4-2-3-9(12)7-10/h2-4,7,14H,5-6,8H2,1H3,(H,13,15). The van der Waals surface area contributed by atoms with Crippen molar-refractivity contribution in [2.45, 2.75) is 0 Å². The molecule has 88 valence electrons. The lowest BCUT2D eigenvalue weighted by molar-refractivity contribution is -0.119. The van der Waals surface area contributed by atoms with Gasteiger partial charge in [-0.2, -0.15) is 0 Å². The van der Waals surface area contributed by atoms with Gasteiger partial charge < -0.3 is 15.4 Å². The van der Waals surface area contributed by atoms with E-state index in [9.17, 15) is 4.79 Å². The molecular weight excluding hydrogens is 228 g/mol. The molecule has 5 heteroatoms. The number of benzene rings is 1. The van der Waals surface area contributed by atoms with Crippen molar-refractivity contribution in [1.82, 2.24) is 5.32 Å². The van der Waals surface area contributed by atoms with Gasteiger partial charge in [0.15, 0.2) is 0 Å². The molecule has 0 spiro atoms. The molecule has 0 bridgehead atoms. The SMILES string of the molecule is COCCNC(=O)CNc1cccc(Cl)c1. The third kappa shape index (κ3) is 5.00. The first kappa shape index (κ1) is 12.8. The second kappa shape index (κ2) is 7.09. The summed E-state index contributed by atoms with van der Waals surface area (Å²) in [6.07, 6.45) is 0. The molecule has 0 aliphatic heterocycles. The molecule has 1 aromatic rings. The lowest BCUT2D eigenvalue weighted by Crippen LogP contribution is -2.32. The van der Waals surface area contributed by atoms with E-state index in [2.05, 4.69) is 10.6 Å². The number of nitrogens with one attached hydrogen (secondary N) is 2. The van der Waals surface area contributed by atoms with Crippen molar-refractivity contribution in [3.8, 4) is 0 Å². The highest BCUT2D eigenvalue weighted by Gasteiger charge is 2.00. The van der Waals surface area contributed by atoms with Crippen LogP contribution >= 0.6 is 11.6 Å². The first-order valence-electron chi connectivity index (χ1n) is 4.97. The molecule has 0 aliphatic carbocycles. The Bertz CT molecular complexity index is 345. The molecule has 0 saturated carbocycles. The van der Waals surface area contributed by atoms with Crippen LogP contribution in [0.2, 0.25) is 5.02 Å². The zero-order valence-corrected chi connectivity index (χ0v) is 9.88. The van der Waals surface area contributed by atoms with Crippen molar-refractivity contribution in [2.75, 3.05) is 32.1 Å². The average molecular weight is 243 g/mol. The molecule has 1 aromatic carbocycles. The number of ether oxygens (including phenoxy) is 1. The molecule has 0 atom stereocenters. The van der Waals surface area contributed by atoms with Gasteiger partial charge in [-0.1, -0.05) is 17.7 Å². The predicted octanol–water partition coefficient (Wildman–Crippen LogP) is 1.51. The highest BCUT2D eigenvalue weighted by Crippen LogP contribution is 2.14. The van der Waals surface area contributed by atoms with Gasteiger partial charge in [-0.15, -0.1) is 0 Å². The van der Waals surface area contributed by atoms with E-state index in [0.717, 1.165) is 5.69 Å². The summed E-state index contributed by atoms with van der Waals surface area (Å²) < 4.78 is 4.82. The van der Waals surface area contributed by atoms with E-state index in [-0.39, 0.29) is 12.5 Å². The van der Waals surface area contributed by atoms with Crippen LogP contribution in [0.4, 0.5) is 5.69 Å². The minimum atomic E-state index is -0.0722. The summed E-state index contributed by atoms with van der Waals surface area (Å²) in [6.45, 7) is 1.26. The Morgan fingerprint density at radius 1 is 1.50 bits per heavy atom. The largest absolute Gasteiger partial charge is 0.383 e. The van der Waals surface area contributed by atoms with Crippen molar-refractivity contribution in [3.05, 3.63) is 29.3 Å². The minimum absolute atomic E-state index is 0.0722. The van der Waals surface area contributed by atoms with Crippen LogP contribution in [-0.4, -0.2) is 32.7 Å². The van der Waals surface area contributed by atoms with Crippen LogP contribution in [0.1, 0.15) is 0 Å². The van der Waals surface area contributed by atoms with Gasteiger partial charge in [0.25, 0.3) is 0 Å². The number of carbonyl (C=O) groups is 1. The lowest BCUT2D eigenvalue weighted by Gasteiger charge is -2.07. The molecule has 16 heavy (non-hydrogen) atoms. The monoisotopic (exact) mass is 242 g/mol. The summed E-state index contributed by atoms with van der Waals surface area (Å²) in [5.41, 5.74) is 0.828. The van der Waals surface area contributed by atoms with E-state index in [1.54, 1.807) is 19.2 Å². The zero-order chi connectivity index (χ0) is 11.8. The highest BCUT2D eigenvalue weighted by molar-refractivity contribution is 6.30. The van der Waals surface area contributed by atoms with Crippen molar-refractivity contribution in [2.24, 2.45) is 0 Å². The number of rotatable bonds is 6. The second-order valence-electron chi connectivity index (χ2n) is 3.21. The first-order valence-corrected chi connectivity index (χ1v) is 5.35. The van der Waals surface area contributed by atoms with Gasteiger partial charge in [0.1, 0.15) is 0 Å². The topological polar surface area (TPSA) is 50.4 Å². The fourth-order valence-electron chi connectivity index (χ4n) is 1.14. The van der Waals surface area contributed by atoms with Crippen LogP contribution in [0.25, 0.3) is 0 Å². The normalized spacial score (nSPS) is 9.88. The predicted molar refractivity (Wildman–Crippen MR) is 64.8 cm³/mol. The van der Waals surface area contributed by atoms with Crippen molar-refractivity contribution in [1.29, 1.82) is 0 Å². The Balaban J connectivity index is 2.26. The third-order valence-corrected chi connectivity index (χ3v) is 2.14. The Kier molecular flexibility index (Phi) is 5.67. The molecule has 0 heterocycles. The molecular formula is C11H15ClN2O2. The second-order valence-corrected chi connectivity index (χ2v) is 3.64. The third-order valence-electron chi connectivity index (χ3n) is 1.91. The maximum atomic E-state index is 11.3. The molecule has 0 aromatic heterocycles. The molecule has 4 nitrogen and oxygen atoms in total. The minimum Gasteiger partial charge on any atom is -0.383 e. The summed E-state index contributed by atoms with van der Waals surface area (Å²) in [6, 6.07) is 7.23. The molecule has 0 fully saturated rings. The van der Waals surface area contributed by atoms with Crippen LogP contribution < -0.4 is 10.6 Å². The van der Waals surface area contributed by atoms with Gasteiger partial charge in [-0.05, 0) is 18.2 Å². The van der Waals surface area contributed by atoms with Gasteiger partial charge in [0, 0.05) is 24.4 Å². The molecule has 0 aliphatic rings. The number of methoxy groups -OCH3 is 1. The molecule has 1 rings (SSSR count). The molecule has 2 N–H and O–H groups in total. The Morgan fingerprint density at radius 2 is 2.31 bits per heavy atom. The zero-order valence-electron chi connectivity index (χ0n) is 9.13. The van der Waals surface area contributed by atoms with E-state index in [1.165, 1.54) is 0 Å². The Morgan fingerprint density at radius 3 is 3.00 bits per heavy atom. The number of hydrogen-bond donors (Lipinski definition) is 2.